The third kappa shape index (κ3) is 4.88. The minimum Gasteiger partial charge on any atom is -0.383 e. The molecule has 1 fully saturated rings. The Bertz CT molecular complexity index is 116. The fraction of sp³-hybridized carbons (Fsp3) is 1.00. The number of ether oxygens (including phenoxy) is 1. The molecule has 0 aromatic heterocycles. The minimum absolute atomic E-state index is 0.500. The van der Waals surface area contributed by atoms with Gasteiger partial charge in [0, 0.05) is 39.3 Å². The molecule has 1 heterocycles. The van der Waals surface area contributed by atoms with Gasteiger partial charge in [0.1, 0.15) is 0 Å². The van der Waals surface area contributed by atoms with E-state index in [1.807, 2.05) is 0 Å². The van der Waals surface area contributed by atoms with Crippen LogP contribution in [0.3, 0.4) is 0 Å². The van der Waals surface area contributed by atoms with Crippen molar-refractivity contribution in [2.45, 2.75) is 19.4 Å². The molecular weight excluding hydrogens is 183 g/mol. The second-order valence-corrected chi connectivity index (χ2v) is 3.30. The van der Waals surface area contributed by atoms with Gasteiger partial charge < -0.3 is 10.1 Å². The highest BCUT2D eigenvalue weighted by Crippen LogP contribution is 2.05. The summed E-state index contributed by atoms with van der Waals surface area (Å²) >= 11 is 0. The van der Waals surface area contributed by atoms with Gasteiger partial charge in [0.2, 0.25) is 0 Å². The zero-order valence-electron chi connectivity index (χ0n) is 9.55. The topological polar surface area (TPSA) is 24.5 Å². The standard InChI is InChI=1S/C9H20N2O.CH3F/c1-3-9(8-12-2)11-6-4-10-5-7-11;1-2/h9-10H,3-8H2,1-2H3;1H3. The molecule has 3 nitrogen and oxygen atoms in total. The van der Waals surface area contributed by atoms with Crippen LogP contribution in [0.2, 0.25) is 0 Å². The molecule has 86 valence electrons. The molecular formula is C10H23FN2O. The number of piperazine rings is 1. The first kappa shape index (κ1) is 13.8. The summed E-state index contributed by atoms with van der Waals surface area (Å²) in [6.07, 6.45) is 1.19. The molecule has 1 aliphatic rings. The van der Waals surface area contributed by atoms with E-state index in [2.05, 4.69) is 17.1 Å². The van der Waals surface area contributed by atoms with Gasteiger partial charge in [-0.1, -0.05) is 6.92 Å². The van der Waals surface area contributed by atoms with Crippen LogP contribution < -0.4 is 5.32 Å². The van der Waals surface area contributed by atoms with Crippen LogP contribution in [0.15, 0.2) is 0 Å². The van der Waals surface area contributed by atoms with Crippen molar-refractivity contribution in [3.05, 3.63) is 0 Å². The summed E-state index contributed by atoms with van der Waals surface area (Å²) in [6, 6.07) is 0.622. The van der Waals surface area contributed by atoms with Crippen molar-refractivity contribution in [2.75, 3.05) is 47.1 Å². The van der Waals surface area contributed by atoms with E-state index in [0.717, 1.165) is 19.7 Å². The lowest BCUT2D eigenvalue weighted by Gasteiger charge is -2.33. The third-order valence-electron chi connectivity index (χ3n) is 2.50. The number of alkyl halides is 1. The lowest BCUT2D eigenvalue weighted by molar-refractivity contribution is 0.0793. The van der Waals surface area contributed by atoms with Gasteiger partial charge in [0.25, 0.3) is 0 Å². The fourth-order valence-electron chi connectivity index (χ4n) is 1.72. The minimum atomic E-state index is 0.500. The Balaban J connectivity index is 0.000000791. The second kappa shape index (κ2) is 9.37. The van der Waals surface area contributed by atoms with Gasteiger partial charge in [0.05, 0.1) is 13.8 Å². The van der Waals surface area contributed by atoms with Gasteiger partial charge in [-0.15, -0.1) is 0 Å². The van der Waals surface area contributed by atoms with Gasteiger partial charge in [-0.25, -0.2) is 0 Å². The third-order valence-corrected chi connectivity index (χ3v) is 2.50. The SMILES string of the molecule is CCC(COC)N1CCNCC1.CF. The summed E-state index contributed by atoms with van der Waals surface area (Å²) in [7, 11) is 2.28. The molecule has 0 bridgehead atoms. The van der Waals surface area contributed by atoms with E-state index >= 15 is 0 Å². The number of rotatable bonds is 4. The predicted octanol–water partition coefficient (Wildman–Crippen LogP) is 0.902. The molecule has 1 N–H and O–H groups in total. The second-order valence-electron chi connectivity index (χ2n) is 3.30. The van der Waals surface area contributed by atoms with Gasteiger partial charge in [-0.2, -0.15) is 0 Å². The zero-order valence-corrected chi connectivity index (χ0v) is 9.55. The molecule has 0 radical (unpaired) electrons. The zero-order chi connectivity index (χ0) is 10.8. The summed E-state index contributed by atoms with van der Waals surface area (Å²) in [5.41, 5.74) is 0. The maximum absolute atomic E-state index is 9.50. The summed E-state index contributed by atoms with van der Waals surface area (Å²) in [5.74, 6) is 0. The first-order valence-electron chi connectivity index (χ1n) is 5.20. The lowest BCUT2D eigenvalue weighted by atomic mass is 10.2. The number of methoxy groups -OCH3 is 1. The van der Waals surface area contributed by atoms with Crippen LogP contribution in [0.25, 0.3) is 0 Å². The normalized spacial score (nSPS) is 19.7. The van der Waals surface area contributed by atoms with E-state index < -0.39 is 0 Å². The van der Waals surface area contributed by atoms with Crippen molar-refractivity contribution in [1.82, 2.24) is 10.2 Å². The molecule has 1 aliphatic heterocycles. The van der Waals surface area contributed by atoms with Crippen molar-refractivity contribution < 1.29 is 9.13 Å². The quantitative estimate of drug-likeness (QED) is 0.739. The van der Waals surface area contributed by atoms with Crippen LogP contribution >= 0.6 is 0 Å². The summed E-state index contributed by atoms with van der Waals surface area (Å²) in [6.45, 7) is 7.69. The van der Waals surface area contributed by atoms with Gasteiger partial charge in [0.15, 0.2) is 0 Å². The Labute approximate surface area is 86.6 Å². The van der Waals surface area contributed by atoms with E-state index in [4.69, 9.17) is 4.74 Å². The number of nitrogens with one attached hydrogen (secondary N) is 1. The van der Waals surface area contributed by atoms with E-state index in [1.165, 1.54) is 19.5 Å². The molecule has 0 aliphatic carbocycles. The molecule has 0 saturated carbocycles. The molecule has 1 unspecified atom stereocenters. The van der Waals surface area contributed by atoms with Crippen LogP contribution in [-0.4, -0.2) is 58.0 Å². The first-order valence-corrected chi connectivity index (χ1v) is 5.20. The molecule has 1 atom stereocenters. The largest absolute Gasteiger partial charge is 0.383 e. The van der Waals surface area contributed by atoms with E-state index in [0.29, 0.717) is 13.2 Å². The summed E-state index contributed by atoms with van der Waals surface area (Å²) in [4.78, 5) is 2.51. The first-order chi connectivity index (χ1) is 6.88. The van der Waals surface area contributed by atoms with Crippen molar-refractivity contribution in [3.8, 4) is 0 Å². The average molecular weight is 206 g/mol. The Kier molecular flexibility index (Phi) is 9.24. The van der Waals surface area contributed by atoms with Crippen molar-refractivity contribution in [1.29, 1.82) is 0 Å². The molecule has 0 aromatic carbocycles. The molecule has 14 heavy (non-hydrogen) atoms. The maximum Gasteiger partial charge on any atom is 0.0785 e. The number of hydrogen-bond acceptors (Lipinski definition) is 3. The highest BCUT2D eigenvalue weighted by Gasteiger charge is 2.17. The van der Waals surface area contributed by atoms with Crippen LogP contribution in [-0.2, 0) is 4.74 Å². The van der Waals surface area contributed by atoms with Crippen LogP contribution in [0.5, 0.6) is 0 Å². The smallest absolute Gasteiger partial charge is 0.0785 e. The Hall–Kier alpha value is -0.190. The Morgan fingerprint density at radius 1 is 1.36 bits per heavy atom. The number of halogens is 1. The van der Waals surface area contributed by atoms with E-state index in [1.54, 1.807) is 7.11 Å². The van der Waals surface area contributed by atoms with Crippen molar-refractivity contribution in [3.63, 3.8) is 0 Å². The average Bonchev–Trinajstić information content (AvgIpc) is 2.30. The van der Waals surface area contributed by atoms with Crippen LogP contribution in [0, 0.1) is 0 Å². The molecule has 0 amide bonds. The van der Waals surface area contributed by atoms with Crippen LogP contribution in [0.4, 0.5) is 4.39 Å². The summed E-state index contributed by atoms with van der Waals surface area (Å²) in [5, 5.41) is 3.35. The Morgan fingerprint density at radius 2 is 1.93 bits per heavy atom. The number of hydrogen-bond donors (Lipinski definition) is 1. The molecule has 1 rings (SSSR count). The van der Waals surface area contributed by atoms with Crippen LogP contribution in [0.1, 0.15) is 13.3 Å². The molecule has 0 aromatic rings. The van der Waals surface area contributed by atoms with Gasteiger partial charge in [-0.3, -0.25) is 9.29 Å². The van der Waals surface area contributed by atoms with Gasteiger partial charge >= 0.3 is 0 Å². The monoisotopic (exact) mass is 206 g/mol. The van der Waals surface area contributed by atoms with E-state index in [-0.39, 0.29) is 0 Å². The molecule has 1 saturated heterocycles. The maximum atomic E-state index is 9.50. The van der Waals surface area contributed by atoms with Crippen molar-refractivity contribution >= 4 is 0 Å². The highest BCUT2D eigenvalue weighted by molar-refractivity contribution is 4.75. The van der Waals surface area contributed by atoms with Crippen molar-refractivity contribution in [2.24, 2.45) is 0 Å². The molecule has 0 spiro atoms. The van der Waals surface area contributed by atoms with E-state index in [9.17, 15) is 4.39 Å². The van der Waals surface area contributed by atoms with Gasteiger partial charge in [-0.05, 0) is 6.42 Å². The lowest BCUT2D eigenvalue weighted by Crippen LogP contribution is -2.49. The number of nitrogens with zero attached hydrogens (tertiary/aromatic N) is 1. The Morgan fingerprint density at radius 3 is 2.36 bits per heavy atom. The molecule has 4 heteroatoms. The fourth-order valence-corrected chi connectivity index (χ4v) is 1.72. The summed E-state index contributed by atoms with van der Waals surface area (Å²) < 4.78 is 14.7. The highest BCUT2D eigenvalue weighted by atomic mass is 19.1. The predicted molar refractivity (Wildman–Crippen MR) is 57.4 cm³/mol.